The Balaban J connectivity index is 1.32. The molecule has 2 fully saturated rings. The molecule has 152 valence electrons. The van der Waals surface area contributed by atoms with Crippen LogP contribution in [0.4, 0.5) is 10.2 Å². The first-order chi connectivity index (χ1) is 14.2. The van der Waals surface area contributed by atoms with Crippen molar-refractivity contribution in [2.45, 2.75) is 37.9 Å². The Hall–Kier alpha value is -2.92. The number of hydrogen-bond acceptors (Lipinski definition) is 7. The Labute approximate surface area is 169 Å². The minimum atomic E-state index is -0.503. The maximum atomic E-state index is 14.0. The Morgan fingerprint density at radius 1 is 1.03 bits per heavy atom. The summed E-state index contributed by atoms with van der Waals surface area (Å²) >= 11 is 0. The Kier molecular flexibility index (Phi) is 6.06. The van der Waals surface area contributed by atoms with Crippen LogP contribution in [0, 0.1) is 17.1 Å². The summed E-state index contributed by atoms with van der Waals surface area (Å²) < 4.78 is 31.2. The summed E-state index contributed by atoms with van der Waals surface area (Å²) in [6.45, 7) is 2.93. The molecule has 2 aliphatic heterocycles. The van der Waals surface area contributed by atoms with E-state index in [2.05, 4.69) is 14.9 Å². The van der Waals surface area contributed by atoms with Crippen molar-refractivity contribution in [3.8, 4) is 17.7 Å². The van der Waals surface area contributed by atoms with Crippen molar-refractivity contribution in [2.75, 3.05) is 31.2 Å². The van der Waals surface area contributed by atoms with Crippen molar-refractivity contribution in [2.24, 2.45) is 0 Å². The smallest absolute Gasteiger partial charge is 0.218 e. The van der Waals surface area contributed by atoms with E-state index in [4.69, 9.17) is 19.5 Å². The van der Waals surface area contributed by atoms with Gasteiger partial charge in [-0.05, 0) is 18.2 Å². The zero-order valence-corrected chi connectivity index (χ0v) is 16.1. The molecule has 0 unspecified atom stereocenters. The number of anilines is 1. The lowest BCUT2D eigenvalue weighted by Gasteiger charge is -2.33. The van der Waals surface area contributed by atoms with Crippen LogP contribution in [-0.2, 0) is 4.74 Å². The highest BCUT2D eigenvalue weighted by Crippen LogP contribution is 2.26. The van der Waals surface area contributed by atoms with Gasteiger partial charge in [0.15, 0.2) is 11.6 Å². The summed E-state index contributed by atoms with van der Waals surface area (Å²) in [6.07, 6.45) is 4.82. The Morgan fingerprint density at radius 3 is 2.52 bits per heavy atom. The molecule has 7 nitrogen and oxygen atoms in total. The molecule has 29 heavy (non-hydrogen) atoms. The predicted molar refractivity (Wildman–Crippen MR) is 103 cm³/mol. The Morgan fingerprint density at radius 2 is 1.79 bits per heavy atom. The van der Waals surface area contributed by atoms with E-state index in [-0.39, 0.29) is 23.5 Å². The van der Waals surface area contributed by atoms with E-state index in [9.17, 15) is 4.39 Å². The maximum Gasteiger partial charge on any atom is 0.218 e. The second kappa shape index (κ2) is 9.05. The zero-order valence-electron chi connectivity index (χ0n) is 16.1. The molecule has 0 spiro atoms. The van der Waals surface area contributed by atoms with Crippen molar-refractivity contribution < 1.29 is 18.6 Å². The quantitative estimate of drug-likeness (QED) is 0.766. The minimum Gasteiger partial charge on any atom is -0.487 e. The number of ether oxygens (including phenoxy) is 3. The van der Waals surface area contributed by atoms with Gasteiger partial charge in [0.25, 0.3) is 0 Å². The van der Waals surface area contributed by atoms with Crippen LogP contribution < -0.4 is 14.4 Å². The van der Waals surface area contributed by atoms with E-state index < -0.39 is 5.82 Å². The van der Waals surface area contributed by atoms with Gasteiger partial charge in [0.1, 0.15) is 24.4 Å². The zero-order chi connectivity index (χ0) is 20.1. The van der Waals surface area contributed by atoms with E-state index in [1.165, 1.54) is 18.5 Å². The molecular weight excluding hydrogens is 375 g/mol. The first kappa shape index (κ1) is 19.4. The van der Waals surface area contributed by atoms with Gasteiger partial charge in [-0.15, -0.1) is 0 Å². The van der Waals surface area contributed by atoms with Gasteiger partial charge in [-0.25, -0.2) is 14.4 Å². The summed E-state index contributed by atoms with van der Waals surface area (Å²) in [5.74, 6) is 1.10. The fraction of sp³-hybridized carbons (Fsp3) is 0.476. The number of nitriles is 1. The summed E-state index contributed by atoms with van der Waals surface area (Å²) in [7, 11) is 0. The molecule has 4 rings (SSSR count). The van der Waals surface area contributed by atoms with Crippen molar-refractivity contribution in [3.05, 3.63) is 42.0 Å². The van der Waals surface area contributed by atoms with Gasteiger partial charge in [-0.3, -0.25) is 0 Å². The van der Waals surface area contributed by atoms with Crippen LogP contribution in [0.5, 0.6) is 11.6 Å². The van der Waals surface area contributed by atoms with Crippen LogP contribution in [0.1, 0.15) is 31.2 Å². The van der Waals surface area contributed by atoms with Crippen LogP contribution in [0.15, 0.2) is 30.6 Å². The summed E-state index contributed by atoms with van der Waals surface area (Å²) in [4.78, 5) is 10.8. The molecule has 0 atom stereocenters. The molecule has 3 heterocycles. The summed E-state index contributed by atoms with van der Waals surface area (Å²) in [5, 5.41) is 8.84. The number of aromatic nitrogens is 2. The number of halogens is 1. The van der Waals surface area contributed by atoms with Gasteiger partial charge < -0.3 is 19.1 Å². The molecule has 2 aromatic rings. The third-order valence-corrected chi connectivity index (χ3v) is 5.20. The van der Waals surface area contributed by atoms with Gasteiger partial charge in [0.2, 0.25) is 5.88 Å². The average molecular weight is 398 g/mol. The number of rotatable bonds is 5. The highest BCUT2D eigenvalue weighted by atomic mass is 19.1. The van der Waals surface area contributed by atoms with Crippen molar-refractivity contribution in [1.82, 2.24) is 9.97 Å². The molecule has 0 aliphatic carbocycles. The predicted octanol–water partition coefficient (Wildman–Crippen LogP) is 3.09. The Bertz CT molecular complexity index is 874. The highest BCUT2D eigenvalue weighted by molar-refractivity contribution is 5.41. The van der Waals surface area contributed by atoms with Gasteiger partial charge in [-0.1, -0.05) is 0 Å². The van der Waals surface area contributed by atoms with E-state index in [1.54, 1.807) is 6.07 Å². The largest absolute Gasteiger partial charge is 0.487 e. The number of benzene rings is 1. The van der Waals surface area contributed by atoms with Gasteiger partial charge in [-0.2, -0.15) is 5.26 Å². The lowest BCUT2D eigenvalue weighted by Crippen LogP contribution is -2.38. The van der Waals surface area contributed by atoms with Crippen LogP contribution in [0.2, 0.25) is 0 Å². The van der Waals surface area contributed by atoms with Crippen LogP contribution >= 0.6 is 0 Å². The number of nitrogens with zero attached hydrogens (tertiary/aromatic N) is 4. The molecule has 2 aliphatic rings. The van der Waals surface area contributed by atoms with E-state index >= 15 is 0 Å². The molecule has 8 heteroatoms. The molecule has 0 N–H and O–H groups in total. The second-order valence-corrected chi connectivity index (χ2v) is 7.21. The summed E-state index contributed by atoms with van der Waals surface area (Å²) in [5.41, 5.74) is 0.284. The van der Waals surface area contributed by atoms with Crippen LogP contribution in [-0.4, -0.2) is 48.5 Å². The molecule has 1 aromatic carbocycles. The maximum absolute atomic E-state index is 14.0. The van der Waals surface area contributed by atoms with E-state index in [0.717, 1.165) is 57.8 Å². The van der Waals surface area contributed by atoms with Crippen molar-refractivity contribution in [3.63, 3.8) is 0 Å². The van der Waals surface area contributed by atoms with E-state index in [0.29, 0.717) is 5.88 Å². The fourth-order valence-corrected chi connectivity index (χ4v) is 3.58. The van der Waals surface area contributed by atoms with Crippen LogP contribution in [0.3, 0.4) is 0 Å². The van der Waals surface area contributed by atoms with E-state index in [1.807, 2.05) is 12.1 Å². The molecular formula is C21H23FN4O3. The standard InChI is InChI=1S/C21H23FN4O3/c22-18-11-15(13-23)1-2-19(18)28-16-3-7-26(8-4-16)20-12-21(25-14-24-20)29-17-5-9-27-10-6-17/h1-2,11-12,14,16-17H,3-10H2. The number of hydrogen-bond donors (Lipinski definition) is 0. The lowest BCUT2D eigenvalue weighted by molar-refractivity contribution is 0.0237. The number of piperidine rings is 1. The third kappa shape index (κ3) is 4.93. The van der Waals surface area contributed by atoms with Gasteiger partial charge in [0, 0.05) is 44.8 Å². The first-order valence-electron chi connectivity index (χ1n) is 9.89. The SMILES string of the molecule is N#Cc1ccc(OC2CCN(c3cc(OC4CCOCC4)ncn3)CC2)c(F)c1. The highest BCUT2D eigenvalue weighted by Gasteiger charge is 2.23. The second-order valence-electron chi connectivity index (χ2n) is 7.21. The molecule has 0 saturated carbocycles. The molecule has 2 saturated heterocycles. The third-order valence-electron chi connectivity index (χ3n) is 5.20. The van der Waals surface area contributed by atoms with Crippen molar-refractivity contribution >= 4 is 5.82 Å². The van der Waals surface area contributed by atoms with Crippen molar-refractivity contribution in [1.29, 1.82) is 5.26 Å². The van der Waals surface area contributed by atoms with Gasteiger partial charge >= 0.3 is 0 Å². The molecule has 1 aromatic heterocycles. The average Bonchev–Trinajstić information content (AvgIpc) is 2.76. The molecule has 0 radical (unpaired) electrons. The van der Waals surface area contributed by atoms with Gasteiger partial charge in [0.05, 0.1) is 24.8 Å². The fourth-order valence-electron chi connectivity index (χ4n) is 3.58. The normalized spacial score (nSPS) is 18.3. The monoisotopic (exact) mass is 398 g/mol. The minimum absolute atomic E-state index is 0.0755. The first-order valence-corrected chi connectivity index (χ1v) is 9.89. The molecule has 0 bridgehead atoms. The summed E-state index contributed by atoms with van der Waals surface area (Å²) in [6, 6.07) is 8.08. The van der Waals surface area contributed by atoms with Crippen LogP contribution in [0.25, 0.3) is 0 Å². The lowest BCUT2D eigenvalue weighted by atomic mass is 10.1. The topological polar surface area (TPSA) is 80.5 Å². The molecule has 0 amide bonds.